The van der Waals surface area contributed by atoms with Crippen molar-refractivity contribution in [3.8, 4) is 11.5 Å². The van der Waals surface area contributed by atoms with Crippen LogP contribution in [0.25, 0.3) is 0 Å². The number of aliphatic hydroxyl groups excluding tert-OH is 1. The second-order valence-electron chi connectivity index (χ2n) is 6.42. The van der Waals surface area contributed by atoms with Gasteiger partial charge in [-0.2, -0.15) is 4.98 Å². The van der Waals surface area contributed by atoms with Gasteiger partial charge in [0.2, 0.25) is 0 Å². The molecule has 9 heteroatoms. The summed E-state index contributed by atoms with van der Waals surface area (Å²) < 4.78 is 26.1. The first-order valence-electron chi connectivity index (χ1n) is 9.19. The predicted molar refractivity (Wildman–Crippen MR) is 114 cm³/mol. The molecular weight excluding hydrogens is 405 g/mol. The molecule has 1 unspecified atom stereocenters. The molecule has 3 N–H and O–H groups in total. The van der Waals surface area contributed by atoms with E-state index < -0.39 is 19.2 Å². The van der Waals surface area contributed by atoms with E-state index in [1.807, 2.05) is 12.1 Å². The molecule has 0 bridgehead atoms. The summed E-state index contributed by atoms with van der Waals surface area (Å²) in [5.41, 5.74) is 4.96. The van der Waals surface area contributed by atoms with Gasteiger partial charge in [-0.3, -0.25) is 4.57 Å². The van der Waals surface area contributed by atoms with Crippen molar-refractivity contribution in [2.75, 3.05) is 12.3 Å². The molecule has 1 heterocycles. The Morgan fingerprint density at radius 2 is 1.60 bits per heavy atom. The summed E-state index contributed by atoms with van der Waals surface area (Å²) in [5.74, 6) is 1.63. The predicted octanol–water partition coefficient (Wildman–Crippen LogP) is 3.30. The number of nitrogens with two attached hydrogens (primary N) is 1. The normalized spacial score (nSPS) is 12.6. The van der Waals surface area contributed by atoms with Gasteiger partial charge in [0.1, 0.15) is 17.3 Å². The fourth-order valence-electron chi connectivity index (χ4n) is 2.58. The molecule has 0 amide bonds. The van der Waals surface area contributed by atoms with Crippen LogP contribution in [0.4, 0.5) is 5.82 Å². The van der Waals surface area contributed by atoms with Crippen molar-refractivity contribution < 1.29 is 18.7 Å². The Bertz CT molecular complexity index is 1040. The smallest absolute Gasteiger partial charge is 0.413 e. The number of aromatic nitrogens is 2. The molecule has 8 nitrogen and oxygen atoms in total. The summed E-state index contributed by atoms with van der Waals surface area (Å²) in [4.78, 5) is 15.6. The number of hydrogen-bond donors (Lipinski definition) is 2. The van der Waals surface area contributed by atoms with Crippen LogP contribution in [-0.2, 0) is 11.1 Å². The quantitative estimate of drug-likeness (QED) is 0.503. The van der Waals surface area contributed by atoms with Gasteiger partial charge < -0.3 is 19.9 Å². The zero-order chi connectivity index (χ0) is 21.4. The van der Waals surface area contributed by atoms with Gasteiger partial charge in [0, 0.05) is 24.5 Å². The summed E-state index contributed by atoms with van der Waals surface area (Å²) >= 11 is 0. The molecule has 1 aromatic heterocycles. The van der Waals surface area contributed by atoms with Crippen molar-refractivity contribution in [1.29, 1.82) is 0 Å². The standard InChI is InChI=1S/C21H22N3O5P/c22-20-11-13-24(21(26)23-20)15-17(16-25)12-14-30(27,28-18-7-3-1-4-8-18)29-19-9-5-2-6-10-19/h1-14,17,25H,15-16H2,(H2,22,23,26)/b14-12+. The Balaban J connectivity index is 1.83. The fraction of sp³-hybridized carbons (Fsp3) is 0.143. The number of anilines is 1. The van der Waals surface area contributed by atoms with Crippen molar-refractivity contribution in [2.24, 2.45) is 5.92 Å². The van der Waals surface area contributed by atoms with Crippen LogP contribution in [-0.4, -0.2) is 21.3 Å². The van der Waals surface area contributed by atoms with Crippen LogP contribution in [0.1, 0.15) is 0 Å². The van der Waals surface area contributed by atoms with Crippen molar-refractivity contribution in [2.45, 2.75) is 6.54 Å². The van der Waals surface area contributed by atoms with Gasteiger partial charge in [0.25, 0.3) is 0 Å². The van der Waals surface area contributed by atoms with E-state index in [1.54, 1.807) is 48.5 Å². The minimum absolute atomic E-state index is 0.115. The van der Waals surface area contributed by atoms with Gasteiger partial charge in [-0.25, -0.2) is 9.36 Å². The molecule has 0 aliphatic rings. The zero-order valence-corrected chi connectivity index (χ0v) is 17.0. The van der Waals surface area contributed by atoms with Crippen LogP contribution in [0.2, 0.25) is 0 Å². The molecule has 0 aliphatic heterocycles. The third kappa shape index (κ3) is 6.07. The van der Waals surface area contributed by atoms with Crippen molar-refractivity contribution in [3.63, 3.8) is 0 Å². The van der Waals surface area contributed by atoms with Gasteiger partial charge in [-0.1, -0.05) is 42.5 Å². The lowest BCUT2D eigenvalue weighted by Gasteiger charge is -2.18. The maximum atomic E-state index is 13.4. The molecule has 30 heavy (non-hydrogen) atoms. The van der Waals surface area contributed by atoms with E-state index in [9.17, 15) is 14.5 Å². The summed E-state index contributed by atoms with van der Waals surface area (Å²) in [6.45, 7) is -0.167. The molecule has 0 spiro atoms. The second kappa shape index (κ2) is 9.91. The average Bonchev–Trinajstić information content (AvgIpc) is 2.74. The first-order valence-corrected chi connectivity index (χ1v) is 10.8. The Hall–Kier alpha value is -3.35. The van der Waals surface area contributed by atoms with E-state index in [0.717, 1.165) is 0 Å². The molecule has 3 aromatic rings. The Kier molecular flexibility index (Phi) is 7.06. The third-order valence-electron chi connectivity index (χ3n) is 4.05. The average molecular weight is 427 g/mol. The maximum Gasteiger partial charge on any atom is 0.455 e. The highest BCUT2D eigenvalue weighted by molar-refractivity contribution is 7.58. The van der Waals surface area contributed by atoms with Crippen LogP contribution in [0.5, 0.6) is 11.5 Å². The summed E-state index contributed by atoms with van der Waals surface area (Å²) in [5, 5.41) is 9.73. The lowest BCUT2D eigenvalue weighted by atomic mass is 10.1. The lowest BCUT2D eigenvalue weighted by Crippen LogP contribution is -2.27. The van der Waals surface area contributed by atoms with E-state index in [1.165, 1.54) is 28.7 Å². The van der Waals surface area contributed by atoms with Gasteiger partial charge in [-0.15, -0.1) is 0 Å². The van der Waals surface area contributed by atoms with Gasteiger partial charge in [0.05, 0.1) is 6.61 Å². The zero-order valence-electron chi connectivity index (χ0n) is 16.1. The topological polar surface area (TPSA) is 117 Å². The van der Waals surface area contributed by atoms with E-state index >= 15 is 0 Å². The molecular formula is C21H22N3O5P. The van der Waals surface area contributed by atoms with Crippen LogP contribution >= 0.6 is 7.60 Å². The molecule has 0 aliphatic carbocycles. The number of nitrogen functional groups attached to an aromatic ring is 1. The van der Waals surface area contributed by atoms with Gasteiger partial charge in [0.15, 0.2) is 0 Å². The van der Waals surface area contributed by atoms with Crippen LogP contribution in [0.15, 0.2) is 89.6 Å². The molecule has 0 radical (unpaired) electrons. The van der Waals surface area contributed by atoms with E-state index in [4.69, 9.17) is 14.8 Å². The summed E-state index contributed by atoms with van der Waals surface area (Å²) in [6, 6.07) is 18.8. The minimum Gasteiger partial charge on any atom is -0.413 e. The number of rotatable bonds is 9. The minimum atomic E-state index is -3.77. The van der Waals surface area contributed by atoms with Crippen LogP contribution < -0.4 is 20.5 Å². The SMILES string of the molecule is Nc1ccn(CC(/C=C/P(=O)(Oc2ccccc2)Oc2ccccc2)CO)c(=O)n1. The first-order chi connectivity index (χ1) is 14.5. The number of nitrogens with zero attached hydrogens (tertiary/aromatic N) is 2. The fourth-order valence-corrected chi connectivity index (χ4v) is 4.02. The maximum absolute atomic E-state index is 13.4. The Labute approximate surface area is 173 Å². The molecule has 2 aromatic carbocycles. The largest absolute Gasteiger partial charge is 0.455 e. The van der Waals surface area contributed by atoms with Crippen LogP contribution in [0.3, 0.4) is 0 Å². The molecule has 156 valence electrons. The Morgan fingerprint density at radius 3 is 2.10 bits per heavy atom. The number of benzene rings is 2. The van der Waals surface area contributed by atoms with Crippen molar-refractivity contribution in [3.05, 3.63) is 95.3 Å². The first kappa shape index (κ1) is 21.4. The number of hydrogen-bond acceptors (Lipinski definition) is 7. The lowest BCUT2D eigenvalue weighted by molar-refractivity contribution is 0.238. The molecule has 1 atom stereocenters. The Morgan fingerprint density at radius 1 is 1.03 bits per heavy atom. The summed E-state index contributed by atoms with van der Waals surface area (Å²) in [7, 11) is -3.77. The van der Waals surface area contributed by atoms with Crippen molar-refractivity contribution >= 4 is 13.4 Å². The molecule has 3 rings (SSSR count). The number of para-hydroxylation sites is 2. The highest BCUT2D eigenvalue weighted by Crippen LogP contribution is 2.50. The second-order valence-corrected chi connectivity index (χ2v) is 8.16. The molecule has 0 fully saturated rings. The summed E-state index contributed by atoms with van der Waals surface area (Å²) in [6.07, 6.45) is 3.00. The third-order valence-corrected chi connectivity index (χ3v) is 5.52. The van der Waals surface area contributed by atoms with E-state index in [-0.39, 0.29) is 19.0 Å². The monoisotopic (exact) mass is 427 g/mol. The van der Waals surface area contributed by atoms with E-state index in [0.29, 0.717) is 11.5 Å². The van der Waals surface area contributed by atoms with Gasteiger partial charge in [-0.05, 0) is 30.3 Å². The highest BCUT2D eigenvalue weighted by atomic mass is 31.2. The molecule has 0 saturated heterocycles. The highest BCUT2D eigenvalue weighted by Gasteiger charge is 2.25. The molecule has 0 saturated carbocycles. The van der Waals surface area contributed by atoms with Crippen LogP contribution in [0, 0.1) is 5.92 Å². The van der Waals surface area contributed by atoms with Gasteiger partial charge >= 0.3 is 13.3 Å². The van der Waals surface area contributed by atoms with E-state index in [2.05, 4.69) is 4.98 Å². The number of aliphatic hydroxyl groups is 1. The van der Waals surface area contributed by atoms with Crippen molar-refractivity contribution in [1.82, 2.24) is 9.55 Å².